The number of imidazole rings is 1. The van der Waals surface area contributed by atoms with Gasteiger partial charge in [0.05, 0.1) is 11.4 Å². The number of fused-ring (bicyclic) bond motifs is 1. The number of pyridine rings is 1. The largest absolute Gasteiger partial charge is 0.351 e. The number of hydrogen-bond acceptors (Lipinski definition) is 3. The normalized spacial score (nSPS) is 10.9. The summed E-state index contributed by atoms with van der Waals surface area (Å²) in [7, 11) is 0. The van der Waals surface area contributed by atoms with E-state index in [1.54, 1.807) is 11.8 Å². The second-order valence-electron chi connectivity index (χ2n) is 5.96. The molecule has 0 aliphatic heterocycles. The lowest BCUT2D eigenvalue weighted by Gasteiger charge is -2.05. The summed E-state index contributed by atoms with van der Waals surface area (Å²) in [5, 5.41) is 2.95. The zero-order valence-electron chi connectivity index (χ0n) is 14.0. The predicted molar refractivity (Wildman–Crippen MR) is 99.1 cm³/mol. The minimum absolute atomic E-state index is 0.0557. The molecule has 0 saturated heterocycles. The number of thioether (sulfide) groups is 1. The third kappa shape index (κ3) is 4.38. The Morgan fingerprint density at radius 1 is 1.08 bits per heavy atom. The second kappa shape index (κ2) is 7.53. The van der Waals surface area contributed by atoms with Gasteiger partial charge in [0.1, 0.15) is 5.65 Å². The van der Waals surface area contributed by atoms with Crippen molar-refractivity contribution in [3.05, 3.63) is 71.2 Å². The zero-order valence-corrected chi connectivity index (χ0v) is 14.8. The number of aryl methyl sites for hydroxylation is 2. The monoisotopic (exact) mass is 339 g/mol. The minimum Gasteiger partial charge on any atom is -0.351 e. The highest BCUT2D eigenvalue weighted by Gasteiger charge is 2.05. The lowest BCUT2D eigenvalue weighted by atomic mass is 10.1. The second-order valence-corrected chi connectivity index (χ2v) is 6.94. The summed E-state index contributed by atoms with van der Waals surface area (Å²) < 4.78 is 2.03. The van der Waals surface area contributed by atoms with E-state index in [1.165, 1.54) is 11.1 Å². The Labute approximate surface area is 146 Å². The Morgan fingerprint density at radius 3 is 2.62 bits per heavy atom. The molecule has 124 valence electrons. The van der Waals surface area contributed by atoms with Crippen LogP contribution in [0.1, 0.15) is 22.4 Å². The lowest BCUT2D eigenvalue weighted by molar-refractivity contribution is -0.118. The fourth-order valence-electron chi connectivity index (χ4n) is 2.43. The van der Waals surface area contributed by atoms with Crippen LogP contribution < -0.4 is 5.32 Å². The van der Waals surface area contributed by atoms with Crippen LogP contribution in [0.4, 0.5) is 0 Å². The van der Waals surface area contributed by atoms with E-state index in [0.29, 0.717) is 12.3 Å². The van der Waals surface area contributed by atoms with Gasteiger partial charge in [0, 0.05) is 24.7 Å². The van der Waals surface area contributed by atoms with Crippen molar-refractivity contribution >= 4 is 23.3 Å². The van der Waals surface area contributed by atoms with Crippen LogP contribution in [-0.2, 0) is 17.1 Å². The van der Waals surface area contributed by atoms with E-state index in [1.807, 2.05) is 28.8 Å². The maximum atomic E-state index is 11.9. The first kappa shape index (κ1) is 16.6. The molecule has 2 aromatic heterocycles. The summed E-state index contributed by atoms with van der Waals surface area (Å²) in [5.41, 5.74) is 5.49. The van der Waals surface area contributed by atoms with E-state index < -0.39 is 0 Å². The van der Waals surface area contributed by atoms with Gasteiger partial charge >= 0.3 is 0 Å². The van der Waals surface area contributed by atoms with Crippen LogP contribution in [0.2, 0.25) is 0 Å². The predicted octanol–water partition coefficient (Wildman–Crippen LogP) is 3.50. The van der Waals surface area contributed by atoms with Gasteiger partial charge in [0.15, 0.2) is 0 Å². The molecule has 0 fully saturated rings. The molecule has 3 aromatic rings. The molecule has 0 spiro atoms. The molecule has 0 unspecified atom stereocenters. The molecule has 0 radical (unpaired) electrons. The van der Waals surface area contributed by atoms with Crippen molar-refractivity contribution < 1.29 is 4.79 Å². The van der Waals surface area contributed by atoms with Gasteiger partial charge < -0.3 is 9.72 Å². The number of aromatic nitrogens is 2. The van der Waals surface area contributed by atoms with Gasteiger partial charge in [-0.2, -0.15) is 0 Å². The summed E-state index contributed by atoms with van der Waals surface area (Å²) in [6.45, 7) is 4.69. The Morgan fingerprint density at radius 2 is 1.83 bits per heavy atom. The maximum absolute atomic E-state index is 11.9. The van der Waals surface area contributed by atoms with Gasteiger partial charge in [-0.25, -0.2) is 4.98 Å². The highest BCUT2D eigenvalue weighted by atomic mass is 32.2. The van der Waals surface area contributed by atoms with Gasteiger partial charge in [-0.05, 0) is 31.0 Å². The number of amides is 1. The van der Waals surface area contributed by atoms with Crippen LogP contribution in [0.15, 0.2) is 48.8 Å². The molecule has 24 heavy (non-hydrogen) atoms. The first-order valence-corrected chi connectivity index (χ1v) is 9.10. The van der Waals surface area contributed by atoms with E-state index in [0.717, 1.165) is 22.7 Å². The minimum atomic E-state index is 0.0557. The highest BCUT2D eigenvalue weighted by molar-refractivity contribution is 7.99. The first-order chi connectivity index (χ1) is 11.6. The molecule has 0 atom stereocenters. The number of benzene rings is 1. The van der Waals surface area contributed by atoms with Crippen molar-refractivity contribution in [2.75, 3.05) is 5.75 Å². The fraction of sp³-hybridized carbons (Fsp3) is 0.263. The number of carbonyl (C=O) groups excluding carboxylic acids is 1. The maximum Gasteiger partial charge on any atom is 0.230 e. The molecule has 0 aliphatic rings. The zero-order chi connectivity index (χ0) is 16.9. The van der Waals surface area contributed by atoms with E-state index in [-0.39, 0.29) is 5.91 Å². The van der Waals surface area contributed by atoms with Crippen molar-refractivity contribution in [1.29, 1.82) is 0 Å². The summed E-state index contributed by atoms with van der Waals surface area (Å²) in [4.78, 5) is 16.5. The van der Waals surface area contributed by atoms with Crippen molar-refractivity contribution in [3.63, 3.8) is 0 Å². The molecule has 0 aliphatic carbocycles. The Hall–Kier alpha value is -2.27. The third-order valence-corrected chi connectivity index (χ3v) is 4.71. The topological polar surface area (TPSA) is 46.4 Å². The van der Waals surface area contributed by atoms with Crippen molar-refractivity contribution in [2.45, 2.75) is 26.1 Å². The number of nitrogens with one attached hydrogen (secondary N) is 1. The molecule has 5 heteroatoms. The molecule has 0 saturated carbocycles. The lowest BCUT2D eigenvalue weighted by Crippen LogP contribution is -2.24. The van der Waals surface area contributed by atoms with E-state index in [2.05, 4.69) is 48.5 Å². The Balaban J connectivity index is 1.44. The van der Waals surface area contributed by atoms with Crippen LogP contribution in [0.3, 0.4) is 0 Å². The molecule has 4 nitrogen and oxygen atoms in total. The van der Waals surface area contributed by atoms with Gasteiger partial charge in [-0.1, -0.05) is 35.9 Å². The molecule has 2 heterocycles. The molecule has 1 aromatic carbocycles. The summed E-state index contributed by atoms with van der Waals surface area (Å²) in [5.74, 6) is 1.23. The summed E-state index contributed by atoms with van der Waals surface area (Å²) in [6, 6.07) is 12.3. The number of nitrogens with zero attached hydrogens (tertiary/aromatic N) is 2. The van der Waals surface area contributed by atoms with Crippen molar-refractivity contribution in [2.24, 2.45) is 0 Å². The molecular formula is C19H21N3OS. The van der Waals surface area contributed by atoms with Gasteiger partial charge in [0.2, 0.25) is 5.91 Å². The molecule has 0 bridgehead atoms. The number of carbonyl (C=O) groups is 1. The van der Waals surface area contributed by atoms with Gasteiger partial charge in [0.25, 0.3) is 0 Å². The van der Waals surface area contributed by atoms with Crippen LogP contribution in [0.25, 0.3) is 5.65 Å². The van der Waals surface area contributed by atoms with Crippen LogP contribution in [0.5, 0.6) is 0 Å². The molecule has 3 rings (SSSR count). The highest BCUT2D eigenvalue weighted by Crippen LogP contribution is 2.13. The van der Waals surface area contributed by atoms with Crippen molar-refractivity contribution in [3.8, 4) is 0 Å². The van der Waals surface area contributed by atoms with Gasteiger partial charge in [-0.3, -0.25) is 4.79 Å². The van der Waals surface area contributed by atoms with Crippen LogP contribution in [0, 0.1) is 13.8 Å². The van der Waals surface area contributed by atoms with E-state index in [4.69, 9.17) is 0 Å². The average Bonchev–Trinajstić information content (AvgIpc) is 2.96. The fourth-order valence-corrected chi connectivity index (χ4v) is 3.17. The van der Waals surface area contributed by atoms with Crippen LogP contribution in [-0.4, -0.2) is 21.0 Å². The first-order valence-electron chi connectivity index (χ1n) is 7.94. The van der Waals surface area contributed by atoms with E-state index >= 15 is 0 Å². The Bertz CT molecular complexity index is 839. The van der Waals surface area contributed by atoms with Gasteiger partial charge in [-0.15, -0.1) is 11.8 Å². The molecule has 1 amide bonds. The van der Waals surface area contributed by atoms with E-state index in [9.17, 15) is 4.79 Å². The standard InChI is InChI=1S/C19H21N3OS/c1-14-3-6-16(7-4-14)9-20-19(23)13-24-12-17-11-22-10-15(2)5-8-18(22)21-17/h3-8,10-11H,9,12-13H2,1-2H3,(H,20,23). The smallest absolute Gasteiger partial charge is 0.230 e. The molecule has 1 N–H and O–H groups in total. The number of hydrogen-bond donors (Lipinski definition) is 1. The van der Waals surface area contributed by atoms with Crippen molar-refractivity contribution in [1.82, 2.24) is 14.7 Å². The number of rotatable bonds is 6. The molecular weight excluding hydrogens is 318 g/mol. The quantitative estimate of drug-likeness (QED) is 0.748. The SMILES string of the molecule is Cc1ccc(CNC(=O)CSCc2cn3cc(C)ccc3n2)cc1. The Kier molecular flexibility index (Phi) is 5.20. The third-order valence-electron chi connectivity index (χ3n) is 3.74. The van der Waals surface area contributed by atoms with Crippen LogP contribution >= 0.6 is 11.8 Å². The summed E-state index contributed by atoms with van der Waals surface area (Å²) >= 11 is 1.58. The average molecular weight is 339 g/mol. The summed E-state index contributed by atoms with van der Waals surface area (Å²) in [6.07, 6.45) is 4.09.